The van der Waals surface area contributed by atoms with E-state index in [9.17, 15) is 4.79 Å². The first-order valence-corrected chi connectivity index (χ1v) is 6.98. The zero-order valence-corrected chi connectivity index (χ0v) is 12.7. The van der Waals surface area contributed by atoms with E-state index in [1.54, 1.807) is 12.1 Å². The molecule has 0 atom stereocenters. The van der Waals surface area contributed by atoms with Gasteiger partial charge in [-0.1, -0.05) is 6.92 Å². The maximum absolute atomic E-state index is 11.9. The molecule has 0 bridgehead atoms. The number of hydrogen-bond acceptors (Lipinski definition) is 5. The summed E-state index contributed by atoms with van der Waals surface area (Å²) in [7, 11) is 0. The lowest BCUT2D eigenvalue weighted by molar-refractivity contribution is -0.00819. The van der Waals surface area contributed by atoms with Gasteiger partial charge >= 0.3 is 0 Å². The summed E-state index contributed by atoms with van der Waals surface area (Å²) in [4.78, 5) is 11.9. The minimum absolute atomic E-state index is 0.243. The van der Waals surface area contributed by atoms with Gasteiger partial charge in [0.2, 0.25) is 0 Å². The third kappa shape index (κ3) is 5.52. The van der Waals surface area contributed by atoms with Crippen molar-refractivity contribution < 1.29 is 9.53 Å². The second kappa shape index (κ2) is 7.79. The van der Waals surface area contributed by atoms with E-state index >= 15 is 0 Å². The van der Waals surface area contributed by atoms with Crippen LogP contribution in [0.2, 0.25) is 0 Å². The molecule has 2 N–H and O–H groups in total. The van der Waals surface area contributed by atoms with Gasteiger partial charge in [0.1, 0.15) is 5.82 Å². The summed E-state index contributed by atoms with van der Waals surface area (Å²) in [6.45, 7) is 9.74. The van der Waals surface area contributed by atoms with Crippen molar-refractivity contribution >= 4 is 11.7 Å². The Hall–Kier alpha value is -1.69. The standard InChI is InChI=1S/C14H24N4O2/c1-5-9-15-12-8-7-11(17-18-12)13(19)16-10-14(3,4)20-6-2/h7-8H,5-6,9-10H2,1-4H3,(H,15,18)(H,16,19). The van der Waals surface area contributed by atoms with Crippen molar-refractivity contribution in [1.82, 2.24) is 15.5 Å². The lowest BCUT2D eigenvalue weighted by Crippen LogP contribution is -2.40. The number of anilines is 1. The molecule has 1 aromatic rings. The van der Waals surface area contributed by atoms with Crippen LogP contribution in [0.4, 0.5) is 5.82 Å². The van der Waals surface area contributed by atoms with Crippen LogP contribution in [0, 0.1) is 0 Å². The molecule has 1 rings (SSSR count). The van der Waals surface area contributed by atoms with Gasteiger partial charge in [0.15, 0.2) is 5.69 Å². The summed E-state index contributed by atoms with van der Waals surface area (Å²) in [6.07, 6.45) is 1.01. The molecular formula is C14H24N4O2. The maximum Gasteiger partial charge on any atom is 0.271 e. The summed E-state index contributed by atoms with van der Waals surface area (Å²) in [5.74, 6) is 0.436. The van der Waals surface area contributed by atoms with Crippen LogP contribution in [0.5, 0.6) is 0 Å². The number of carbonyl (C=O) groups excluding carboxylic acids is 1. The zero-order chi connectivity index (χ0) is 15.0. The van der Waals surface area contributed by atoms with E-state index < -0.39 is 0 Å². The second-order valence-electron chi connectivity index (χ2n) is 5.11. The molecule has 20 heavy (non-hydrogen) atoms. The number of nitrogens with one attached hydrogen (secondary N) is 2. The Morgan fingerprint density at radius 2 is 2.05 bits per heavy atom. The fraction of sp³-hybridized carbons (Fsp3) is 0.643. The van der Waals surface area contributed by atoms with Crippen molar-refractivity contribution in [2.24, 2.45) is 0 Å². The second-order valence-corrected chi connectivity index (χ2v) is 5.11. The van der Waals surface area contributed by atoms with Crippen molar-refractivity contribution in [2.45, 2.75) is 39.7 Å². The van der Waals surface area contributed by atoms with Gasteiger partial charge in [-0.05, 0) is 39.3 Å². The topological polar surface area (TPSA) is 76.1 Å². The Balaban J connectivity index is 2.51. The molecule has 1 heterocycles. The van der Waals surface area contributed by atoms with E-state index in [1.807, 2.05) is 20.8 Å². The fourth-order valence-electron chi connectivity index (χ4n) is 1.63. The van der Waals surface area contributed by atoms with Crippen LogP contribution in [0.3, 0.4) is 0 Å². The Labute approximate surface area is 120 Å². The first-order valence-electron chi connectivity index (χ1n) is 6.98. The van der Waals surface area contributed by atoms with Gasteiger partial charge in [-0.15, -0.1) is 10.2 Å². The van der Waals surface area contributed by atoms with Crippen molar-refractivity contribution in [2.75, 3.05) is 25.0 Å². The number of rotatable bonds is 8. The molecule has 0 saturated heterocycles. The highest BCUT2D eigenvalue weighted by atomic mass is 16.5. The lowest BCUT2D eigenvalue weighted by Gasteiger charge is -2.24. The number of hydrogen-bond donors (Lipinski definition) is 2. The molecule has 112 valence electrons. The number of aromatic nitrogens is 2. The van der Waals surface area contributed by atoms with Gasteiger partial charge in [0.05, 0.1) is 5.60 Å². The molecule has 0 radical (unpaired) electrons. The summed E-state index contributed by atoms with van der Waals surface area (Å²) >= 11 is 0. The highest BCUT2D eigenvalue weighted by Gasteiger charge is 2.19. The summed E-state index contributed by atoms with van der Waals surface area (Å²) in [6, 6.07) is 3.42. The first kappa shape index (κ1) is 16.4. The van der Waals surface area contributed by atoms with Crippen molar-refractivity contribution in [3.8, 4) is 0 Å². The molecule has 0 spiro atoms. The molecule has 0 aliphatic carbocycles. The molecule has 1 aromatic heterocycles. The van der Waals surface area contributed by atoms with Crippen LogP contribution in [-0.4, -0.2) is 41.4 Å². The number of nitrogens with zero attached hydrogens (tertiary/aromatic N) is 2. The highest BCUT2D eigenvalue weighted by Crippen LogP contribution is 2.07. The van der Waals surface area contributed by atoms with Gasteiger partial charge in [0, 0.05) is 19.7 Å². The summed E-state index contributed by atoms with van der Waals surface area (Å²) < 4.78 is 5.52. The quantitative estimate of drug-likeness (QED) is 0.760. The predicted molar refractivity (Wildman–Crippen MR) is 78.9 cm³/mol. The summed E-state index contributed by atoms with van der Waals surface area (Å²) in [5, 5.41) is 13.8. The minimum Gasteiger partial charge on any atom is -0.374 e. The van der Waals surface area contributed by atoms with Crippen LogP contribution >= 0.6 is 0 Å². The van der Waals surface area contributed by atoms with E-state index in [-0.39, 0.29) is 11.5 Å². The number of amides is 1. The Kier molecular flexibility index (Phi) is 6.38. The smallest absolute Gasteiger partial charge is 0.271 e. The Morgan fingerprint density at radius 3 is 2.60 bits per heavy atom. The Morgan fingerprint density at radius 1 is 1.30 bits per heavy atom. The van der Waals surface area contributed by atoms with Crippen LogP contribution in [0.1, 0.15) is 44.6 Å². The van der Waals surface area contributed by atoms with Gasteiger partial charge in [0.25, 0.3) is 5.91 Å². The van der Waals surface area contributed by atoms with Crippen molar-refractivity contribution in [3.63, 3.8) is 0 Å². The number of ether oxygens (including phenoxy) is 1. The molecule has 0 fully saturated rings. The molecule has 0 aliphatic rings. The third-order valence-corrected chi connectivity index (χ3v) is 2.66. The van der Waals surface area contributed by atoms with Crippen LogP contribution in [0.25, 0.3) is 0 Å². The fourth-order valence-corrected chi connectivity index (χ4v) is 1.63. The molecule has 1 amide bonds. The van der Waals surface area contributed by atoms with E-state index in [0.717, 1.165) is 13.0 Å². The van der Waals surface area contributed by atoms with Gasteiger partial charge in [-0.3, -0.25) is 4.79 Å². The number of carbonyl (C=O) groups is 1. The minimum atomic E-state index is -0.388. The average Bonchev–Trinajstić information content (AvgIpc) is 2.43. The summed E-state index contributed by atoms with van der Waals surface area (Å²) in [5.41, 5.74) is -0.0835. The normalized spacial score (nSPS) is 11.2. The van der Waals surface area contributed by atoms with E-state index in [1.165, 1.54) is 0 Å². The molecule has 0 aliphatic heterocycles. The van der Waals surface area contributed by atoms with Crippen LogP contribution in [-0.2, 0) is 4.74 Å². The van der Waals surface area contributed by atoms with Gasteiger partial charge in [-0.25, -0.2) is 0 Å². The first-order chi connectivity index (χ1) is 9.48. The Bertz CT molecular complexity index is 418. The largest absolute Gasteiger partial charge is 0.374 e. The molecule has 6 heteroatoms. The van der Waals surface area contributed by atoms with Crippen LogP contribution < -0.4 is 10.6 Å². The molecule has 0 aromatic carbocycles. The highest BCUT2D eigenvalue weighted by molar-refractivity contribution is 5.92. The van der Waals surface area contributed by atoms with Crippen molar-refractivity contribution in [3.05, 3.63) is 17.8 Å². The van der Waals surface area contributed by atoms with E-state index in [0.29, 0.717) is 24.7 Å². The van der Waals surface area contributed by atoms with Crippen LogP contribution in [0.15, 0.2) is 12.1 Å². The van der Waals surface area contributed by atoms with Crippen molar-refractivity contribution in [1.29, 1.82) is 0 Å². The molecule has 0 saturated carbocycles. The van der Waals surface area contributed by atoms with Gasteiger partial charge < -0.3 is 15.4 Å². The van der Waals surface area contributed by atoms with E-state index in [2.05, 4.69) is 27.8 Å². The molecular weight excluding hydrogens is 256 g/mol. The molecule has 0 unspecified atom stereocenters. The average molecular weight is 280 g/mol. The van der Waals surface area contributed by atoms with Gasteiger partial charge in [-0.2, -0.15) is 0 Å². The van der Waals surface area contributed by atoms with E-state index in [4.69, 9.17) is 4.74 Å². The monoisotopic (exact) mass is 280 g/mol. The maximum atomic E-state index is 11.9. The zero-order valence-electron chi connectivity index (χ0n) is 12.7. The lowest BCUT2D eigenvalue weighted by atomic mass is 10.1. The molecule has 6 nitrogen and oxygen atoms in total. The SMILES string of the molecule is CCCNc1ccc(C(=O)NCC(C)(C)OCC)nn1. The third-order valence-electron chi connectivity index (χ3n) is 2.66. The predicted octanol–water partition coefficient (Wildman–Crippen LogP) is 1.84.